The summed E-state index contributed by atoms with van der Waals surface area (Å²) >= 11 is 0. The molecular formula is C37H21F11N2O. The van der Waals surface area contributed by atoms with Crippen LogP contribution in [-0.2, 0) is 12.5 Å². The number of alkyl halides is 5. The lowest BCUT2D eigenvalue weighted by atomic mass is 9.98. The number of rotatable bonds is 8. The summed E-state index contributed by atoms with van der Waals surface area (Å²) in [4.78, 5) is 8.13. The molecule has 14 heteroatoms. The summed E-state index contributed by atoms with van der Waals surface area (Å²) < 4.78 is 161. The number of unbranched alkanes of at least 4 members (excludes halogenated alkanes) is 2. The lowest BCUT2D eigenvalue weighted by Gasteiger charge is -2.20. The second-order valence-electron chi connectivity index (χ2n) is 11.0. The normalized spacial score (nSPS) is 11.5. The van der Waals surface area contributed by atoms with Crippen molar-refractivity contribution in [1.82, 2.24) is 9.97 Å². The van der Waals surface area contributed by atoms with Gasteiger partial charge in [-0.25, -0.2) is 36.3 Å². The smallest absolute Gasteiger partial charge is 0.429 e. The van der Waals surface area contributed by atoms with Crippen LogP contribution in [0.2, 0.25) is 0 Å². The third kappa shape index (κ3) is 8.58. The number of hydrogen-bond donors (Lipinski definition) is 0. The molecule has 0 saturated heterocycles. The lowest BCUT2D eigenvalue weighted by molar-refractivity contribution is -0.189. The van der Waals surface area contributed by atoms with Gasteiger partial charge in [-0.15, -0.1) is 0 Å². The van der Waals surface area contributed by atoms with Crippen LogP contribution in [0.15, 0.2) is 60.9 Å². The van der Waals surface area contributed by atoms with Crippen molar-refractivity contribution >= 4 is 10.8 Å². The van der Waals surface area contributed by atoms with E-state index in [0.717, 1.165) is 49.4 Å². The van der Waals surface area contributed by atoms with Crippen molar-refractivity contribution in [3.8, 4) is 40.6 Å². The summed E-state index contributed by atoms with van der Waals surface area (Å²) in [7, 11) is 0. The van der Waals surface area contributed by atoms with Crippen molar-refractivity contribution in [2.45, 2.75) is 44.9 Å². The Morgan fingerprint density at radius 3 is 2.02 bits per heavy atom. The molecule has 0 bridgehead atoms. The van der Waals surface area contributed by atoms with Crippen LogP contribution in [0.5, 0.6) is 5.75 Å². The van der Waals surface area contributed by atoms with Gasteiger partial charge >= 0.3 is 12.3 Å². The van der Waals surface area contributed by atoms with E-state index in [1.54, 1.807) is 12.4 Å². The summed E-state index contributed by atoms with van der Waals surface area (Å²) in [5, 5.41) is -1.46. The predicted octanol–water partition coefficient (Wildman–Crippen LogP) is 10.3. The van der Waals surface area contributed by atoms with Crippen molar-refractivity contribution in [3.05, 3.63) is 124 Å². The predicted molar refractivity (Wildman–Crippen MR) is 164 cm³/mol. The molecule has 1 aromatic heterocycles. The van der Waals surface area contributed by atoms with Crippen LogP contribution in [0, 0.1) is 58.6 Å². The number of hydrogen-bond acceptors (Lipinski definition) is 3. The van der Waals surface area contributed by atoms with E-state index in [1.165, 1.54) is 5.92 Å². The second-order valence-corrected chi connectivity index (χ2v) is 11.0. The highest BCUT2D eigenvalue weighted by molar-refractivity contribution is 5.90. The van der Waals surface area contributed by atoms with Crippen molar-refractivity contribution in [2.75, 3.05) is 0 Å². The molecule has 1 heterocycles. The molecule has 0 amide bonds. The van der Waals surface area contributed by atoms with Crippen LogP contribution in [0.3, 0.4) is 0 Å². The number of nitrogens with zero attached hydrogens (tertiary/aromatic N) is 2. The zero-order valence-corrected chi connectivity index (χ0v) is 26.1. The SMILES string of the molecule is CCCCCc1cnc(C#Cc2cc(F)c(C(F)(F)Oc3ccc(-c4cc(F)c5c(F)c(C#CC(F)(F)F)c(F)cc5c4)c(F)c3)c(F)c2)nc1. The van der Waals surface area contributed by atoms with Crippen LogP contribution >= 0.6 is 0 Å². The van der Waals surface area contributed by atoms with Gasteiger partial charge in [0.1, 0.15) is 40.4 Å². The Bertz CT molecular complexity index is 2220. The molecule has 0 saturated carbocycles. The molecule has 0 aliphatic carbocycles. The number of ether oxygens (including phenoxy) is 1. The molecule has 262 valence electrons. The summed E-state index contributed by atoms with van der Waals surface area (Å²) in [5.41, 5.74) is -3.42. The first kappa shape index (κ1) is 36.6. The maximum Gasteiger partial charge on any atom is 0.458 e. The fourth-order valence-corrected chi connectivity index (χ4v) is 4.99. The Labute approximate surface area is 283 Å². The molecule has 51 heavy (non-hydrogen) atoms. The average Bonchev–Trinajstić information content (AvgIpc) is 3.03. The van der Waals surface area contributed by atoms with Crippen molar-refractivity contribution < 1.29 is 53.0 Å². The van der Waals surface area contributed by atoms with Crippen molar-refractivity contribution in [1.29, 1.82) is 0 Å². The second kappa shape index (κ2) is 14.7. The van der Waals surface area contributed by atoms with Crippen molar-refractivity contribution in [3.63, 3.8) is 0 Å². The quantitative estimate of drug-likeness (QED) is 0.0911. The topological polar surface area (TPSA) is 35.0 Å². The average molecular weight is 719 g/mol. The number of fused-ring (bicyclic) bond motifs is 1. The first-order valence-corrected chi connectivity index (χ1v) is 15.0. The van der Waals surface area contributed by atoms with E-state index in [-0.39, 0.29) is 17.0 Å². The molecule has 0 aliphatic heterocycles. The van der Waals surface area contributed by atoms with Gasteiger partial charge in [-0.05, 0) is 77.7 Å². The van der Waals surface area contributed by atoms with Gasteiger partial charge in [0.05, 0.1) is 10.9 Å². The maximum atomic E-state index is 15.1. The van der Waals surface area contributed by atoms with Gasteiger partial charge in [-0.3, -0.25) is 0 Å². The van der Waals surface area contributed by atoms with Gasteiger partial charge in [-0.2, -0.15) is 22.0 Å². The minimum Gasteiger partial charge on any atom is -0.429 e. The molecule has 4 aromatic carbocycles. The third-order valence-corrected chi connectivity index (χ3v) is 7.33. The highest BCUT2D eigenvalue weighted by Crippen LogP contribution is 2.38. The molecule has 0 radical (unpaired) electrons. The zero-order chi connectivity index (χ0) is 37.1. The Kier molecular flexibility index (Phi) is 10.6. The molecule has 0 aliphatic rings. The van der Waals surface area contributed by atoms with Gasteiger partial charge in [-0.1, -0.05) is 31.6 Å². The lowest BCUT2D eigenvalue weighted by Crippen LogP contribution is -2.25. The standard InChI is InChI=1S/C37H21F11N2O/c1-2-3-4-5-21-18-49-32(50-19-21)9-6-20-12-30(41)34(31(42)13-20)37(47,48)51-24-7-8-25(28(39)17-24)22-14-23-16-27(38)26(10-11-36(44,45)46)35(43)33(23)29(40)15-22/h7-8,12-19H,2-5H2,1H3. The highest BCUT2D eigenvalue weighted by Gasteiger charge is 2.41. The fourth-order valence-electron chi connectivity index (χ4n) is 4.99. The van der Waals surface area contributed by atoms with Crippen LogP contribution < -0.4 is 4.74 Å². The molecule has 5 rings (SSSR count). The molecule has 0 fully saturated rings. The maximum absolute atomic E-state index is 15.1. The summed E-state index contributed by atoms with van der Waals surface area (Å²) in [6.45, 7) is 2.06. The van der Waals surface area contributed by atoms with E-state index < -0.39 is 80.4 Å². The number of benzene rings is 4. The van der Waals surface area contributed by atoms with E-state index in [0.29, 0.717) is 36.3 Å². The van der Waals surface area contributed by atoms with Gasteiger partial charge in [0.2, 0.25) is 5.82 Å². The molecule has 5 aromatic rings. The summed E-state index contributed by atoms with van der Waals surface area (Å²) in [6.07, 6.45) is -2.86. The van der Waals surface area contributed by atoms with Crippen LogP contribution in [0.1, 0.15) is 54.3 Å². The van der Waals surface area contributed by atoms with Gasteiger partial charge in [0.15, 0.2) is 5.82 Å². The molecule has 0 spiro atoms. The van der Waals surface area contributed by atoms with E-state index in [9.17, 15) is 35.1 Å². The number of halogens is 11. The Morgan fingerprint density at radius 2 is 1.39 bits per heavy atom. The highest BCUT2D eigenvalue weighted by atomic mass is 19.4. The molecular weight excluding hydrogens is 697 g/mol. The Morgan fingerprint density at radius 1 is 0.706 bits per heavy atom. The van der Waals surface area contributed by atoms with Crippen molar-refractivity contribution in [2.24, 2.45) is 0 Å². The first-order chi connectivity index (χ1) is 24.1. The molecule has 3 nitrogen and oxygen atoms in total. The largest absolute Gasteiger partial charge is 0.458 e. The van der Waals surface area contributed by atoms with E-state index >= 15 is 13.2 Å². The minimum atomic E-state index is -5.09. The van der Waals surface area contributed by atoms with E-state index in [1.807, 2.05) is 0 Å². The Balaban J connectivity index is 1.37. The van der Waals surface area contributed by atoms with Crippen LogP contribution in [0.25, 0.3) is 21.9 Å². The number of aryl methyl sites for hydroxylation is 1. The van der Waals surface area contributed by atoms with Crippen LogP contribution in [0.4, 0.5) is 48.3 Å². The summed E-state index contributed by atoms with van der Waals surface area (Å²) in [5.74, 6) is -3.51. The fraction of sp³-hybridized carbons (Fsp3) is 0.189. The first-order valence-electron chi connectivity index (χ1n) is 15.0. The van der Waals surface area contributed by atoms with E-state index in [2.05, 4.69) is 33.5 Å². The van der Waals surface area contributed by atoms with Crippen LogP contribution in [-0.4, -0.2) is 16.1 Å². The Hall–Kier alpha value is -5.63. The van der Waals surface area contributed by atoms with Gasteiger partial charge < -0.3 is 4.74 Å². The number of aromatic nitrogens is 2. The minimum absolute atomic E-state index is 0.0351. The molecule has 0 N–H and O–H groups in total. The van der Waals surface area contributed by atoms with Gasteiger partial charge in [0.25, 0.3) is 0 Å². The summed E-state index contributed by atoms with van der Waals surface area (Å²) in [6, 6.07) is 5.01. The zero-order valence-electron chi connectivity index (χ0n) is 26.1. The van der Waals surface area contributed by atoms with E-state index in [4.69, 9.17) is 0 Å². The monoisotopic (exact) mass is 718 g/mol. The molecule has 0 unspecified atom stereocenters. The van der Waals surface area contributed by atoms with Gasteiger partial charge in [0, 0.05) is 35.5 Å². The molecule has 0 atom stereocenters. The third-order valence-electron chi connectivity index (χ3n) is 7.33.